The molecule has 1 atom stereocenters. The van der Waals surface area contributed by atoms with Crippen LogP contribution in [0.15, 0.2) is 24.5 Å². The van der Waals surface area contributed by atoms with Crippen molar-refractivity contribution in [3.63, 3.8) is 0 Å². The first-order valence-electron chi connectivity index (χ1n) is 7.00. The van der Waals surface area contributed by atoms with Gasteiger partial charge in [0.25, 0.3) is 0 Å². The summed E-state index contributed by atoms with van der Waals surface area (Å²) in [7, 11) is 0. The smallest absolute Gasteiger partial charge is 0.310 e. The van der Waals surface area contributed by atoms with E-state index in [4.69, 9.17) is 4.74 Å². The van der Waals surface area contributed by atoms with Crippen LogP contribution in [0.5, 0.6) is 0 Å². The molecule has 0 saturated carbocycles. The molecule has 0 spiro atoms. The molecule has 1 unspecified atom stereocenters. The normalized spacial score (nSPS) is 19.2. The molecule has 1 saturated heterocycles. The Labute approximate surface area is 117 Å². The second-order valence-electron chi connectivity index (χ2n) is 4.96. The monoisotopic (exact) mass is 274 g/mol. The van der Waals surface area contributed by atoms with E-state index in [-0.39, 0.29) is 11.9 Å². The minimum atomic E-state index is -0.0948. The van der Waals surface area contributed by atoms with Crippen molar-refractivity contribution in [1.29, 1.82) is 0 Å². The Morgan fingerprint density at radius 2 is 2.40 bits per heavy atom. The third kappa shape index (κ3) is 2.45. The van der Waals surface area contributed by atoms with E-state index in [1.807, 2.05) is 25.3 Å². The average molecular weight is 274 g/mol. The number of esters is 1. The highest BCUT2D eigenvalue weighted by Gasteiger charge is 2.27. The Hall–Kier alpha value is -2.11. The Balaban J connectivity index is 1.77. The summed E-state index contributed by atoms with van der Waals surface area (Å²) in [6, 6.07) is 3.81. The molecule has 0 aromatic carbocycles. The number of carbonyl (C=O) groups is 1. The van der Waals surface area contributed by atoms with E-state index in [1.54, 1.807) is 10.7 Å². The highest BCUT2D eigenvalue weighted by atomic mass is 16.5. The first-order valence-corrected chi connectivity index (χ1v) is 7.00. The summed E-state index contributed by atoms with van der Waals surface area (Å²) in [6.45, 7) is 3.88. The van der Waals surface area contributed by atoms with Crippen molar-refractivity contribution in [2.45, 2.75) is 19.8 Å². The van der Waals surface area contributed by atoms with Crippen LogP contribution in [0.1, 0.15) is 19.8 Å². The van der Waals surface area contributed by atoms with Crippen molar-refractivity contribution in [1.82, 2.24) is 14.6 Å². The minimum absolute atomic E-state index is 0.0494. The Morgan fingerprint density at radius 1 is 1.50 bits per heavy atom. The van der Waals surface area contributed by atoms with Crippen molar-refractivity contribution in [2.75, 3.05) is 24.6 Å². The number of fused-ring (bicyclic) bond motifs is 1. The molecule has 6 heteroatoms. The summed E-state index contributed by atoms with van der Waals surface area (Å²) in [5.74, 6) is 0.751. The third-order valence-electron chi connectivity index (χ3n) is 3.61. The number of hydrogen-bond donors (Lipinski definition) is 0. The number of hydrogen-bond acceptors (Lipinski definition) is 5. The van der Waals surface area contributed by atoms with Gasteiger partial charge in [0.2, 0.25) is 0 Å². The predicted octanol–water partition coefficient (Wildman–Crippen LogP) is 1.51. The minimum Gasteiger partial charge on any atom is -0.466 e. The molecule has 0 aliphatic carbocycles. The Kier molecular flexibility index (Phi) is 3.54. The lowest BCUT2D eigenvalue weighted by Gasteiger charge is -2.32. The summed E-state index contributed by atoms with van der Waals surface area (Å²) in [5.41, 5.74) is 0.820. The van der Waals surface area contributed by atoms with Crippen LogP contribution >= 0.6 is 0 Å². The zero-order chi connectivity index (χ0) is 13.9. The van der Waals surface area contributed by atoms with E-state index < -0.39 is 0 Å². The van der Waals surface area contributed by atoms with Gasteiger partial charge < -0.3 is 9.64 Å². The standard InChI is InChI=1S/C14H18N4O2/c1-2-20-14(19)11-4-3-8-17(10-11)12-6-9-18-13(16-12)5-7-15-18/h5-7,9,11H,2-4,8,10H2,1H3. The number of nitrogens with zero attached hydrogens (tertiary/aromatic N) is 4. The van der Waals surface area contributed by atoms with Crippen LogP contribution < -0.4 is 4.90 Å². The molecule has 1 fully saturated rings. The van der Waals surface area contributed by atoms with E-state index >= 15 is 0 Å². The van der Waals surface area contributed by atoms with Gasteiger partial charge in [-0.25, -0.2) is 9.50 Å². The fraction of sp³-hybridized carbons (Fsp3) is 0.500. The molecule has 2 aromatic heterocycles. The Bertz CT molecular complexity index is 610. The van der Waals surface area contributed by atoms with Gasteiger partial charge in [-0.2, -0.15) is 5.10 Å². The SMILES string of the molecule is CCOC(=O)C1CCCN(c2ccn3nccc3n2)C1. The van der Waals surface area contributed by atoms with E-state index in [0.29, 0.717) is 13.2 Å². The maximum atomic E-state index is 11.9. The lowest BCUT2D eigenvalue weighted by Crippen LogP contribution is -2.39. The van der Waals surface area contributed by atoms with E-state index in [9.17, 15) is 4.79 Å². The average Bonchev–Trinajstić information content (AvgIpc) is 2.95. The summed E-state index contributed by atoms with van der Waals surface area (Å²) >= 11 is 0. The maximum Gasteiger partial charge on any atom is 0.310 e. The highest BCUT2D eigenvalue weighted by molar-refractivity contribution is 5.73. The molecule has 0 bridgehead atoms. The van der Waals surface area contributed by atoms with Crippen LogP contribution in [0.3, 0.4) is 0 Å². The lowest BCUT2D eigenvalue weighted by molar-refractivity contribution is -0.148. The quantitative estimate of drug-likeness (QED) is 0.794. The van der Waals surface area contributed by atoms with Crippen molar-refractivity contribution in [2.24, 2.45) is 5.92 Å². The van der Waals surface area contributed by atoms with Crippen LogP contribution in [0.25, 0.3) is 5.65 Å². The van der Waals surface area contributed by atoms with Crippen molar-refractivity contribution in [3.05, 3.63) is 24.5 Å². The van der Waals surface area contributed by atoms with Gasteiger partial charge in [-0.1, -0.05) is 0 Å². The third-order valence-corrected chi connectivity index (χ3v) is 3.61. The van der Waals surface area contributed by atoms with Crippen molar-refractivity contribution >= 4 is 17.4 Å². The van der Waals surface area contributed by atoms with Gasteiger partial charge in [0.1, 0.15) is 5.82 Å². The molecular formula is C14H18N4O2. The molecule has 1 aliphatic heterocycles. The zero-order valence-electron chi connectivity index (χ0n) is 11.5. The Morgan fingerprint density at radius 3 is 3.25 bits per heavy atom. The molecule has 2 aromatic rings. The van der Waals surface area contributed by atoms with Crippen LogP contribution in [0, 0.1) is 5.92 Å². The molecule has 20 heavy (non-hydrogen) atoms. The van der Waals surface area contributed by atoms with Crippen LogP contribution in [-0.2, 0) is 9.53 Å². The zero-order valence-corrected chi connectivity index (χ0v) is 11.5. The van der Waals surface area contributed by atoms with Gasteiger partial charge in [-0.05, 0) is 25.8 Å². The molecule has 106 valence electrons. The van der Waals surface area contributed by atoms with Gasteiger partial charge in [0, 0.05) is 25.4 Å². The molecule has 3 heterocycles. The first-order chi connectivity index (χ1) is 9.78. The second-order valence-corrected chi connectivity index (χ2v) is 4.96. The number of rotatable bonds is 3. The number of ether oxygens (including phenoxy) is 1. The number of aromatic nitrogens is 3. The molecule has 1 aliphatic rings. The van der Waals surface area contributed by atoms with Crippen LogP contribution in [0.4, 0.5) is 5.82 Å². The van der Waals surface area contributed by atoms with Crippen molar-refractivity contribution in [3.8, 4) is 0 Å². The molecular weight excluding hydrogens is 256 g/mol. The number of piperidine rings is 1. The van der Waals surface area contributed by atoms with E-state index in [0.717, 1.165) is 30.9 Å². The fourth-order valence-electron chi connectivity index (χ4n) is 2.62. The predicted molar refractivity (Wildman–Crippen MR) is 74.6 cm³/mol. The second kappa shape index (κ2) is 5.48. The molecule has 0 amide bonds. The van der Waals surface area contributed by atoms with Gasteiger partial charge in [0.05, 0.1) is 18.7 Å². The lowest BCUT2D eigenvalue weighted by atomic mass is 9.98. The summed E-state index contributed by atoms with van der Waals surface area (Å²) in [6.07, 6.45) is 5.50. The molecule has 3 rings (SSSR count). The van der Waals surface area contributed by atoms with E-state index in [2.05, 4.69) is 15.0 Å². The van der Waals surface area contributed by atoms with Crippen LogP contribution in [-0.4, -0.2) is 40.3 Å². The van der Waals surface area contributed by atoms with Crippen molar-refractivity contribution < 1.29 is 9.53 Å². The van der Waals surface area contributed by atoms with Gasteiger partial charge in [-0.15, -0.1) is 0 Å². The summed E-state index contributed by atoms with van der Waals surface area (Å²) in [5, 5.41) is 4.13. The number of anilines is 1. The van der Waals surface area contributed by atoms with Crippen LogP contribution in [0.2, 0.25) is 0 Å². The molecule has 0 N–H and O–H groups in total. The van der Waals surface area contributed by atoms with Gasteiger partial charge >= 0.3 is 5.97 Å². The first kappa shape index (κ1) is 12.9. The summed E-state index contributed by atoms with van der Waals surface area (Å²) < 4.78 is 6.86. The van der Waals surface area contributed by atoms with Gasteiger partial charge in [0.15, 0.2) is 5.65 Å². The molecule has 0 radical (unpaired) electrons. The largest absolute Gasteiger partial charge is 0.466 e. The topological polar surface area (TPSA) is 59.7 Å². The van der Waals surface area contributed by atoms with E-state index in [1.165, 1.54) is 0 Å². The fourth-order valence-corrected chi connectivity index (χ4v) is 2.62. The van der Waals surface area contributed by atoms with Gasteiger partial charge in [-0.3, -0.25) is 4.79 Å². The number of carbonyl (C=O) groups excluding carboxylic acids is 1. The summed E-state index contributed by atoms with van der Waals surface area (Å²) in [4.78, 5) is 18.6. The highest BCUT2D eigenvalue weighted by Crippen LogP contribution is 2.22. The maximum absolute atomic E-state index is 11.9. The molecule has 6 nitrogen and oxygen atoms in total.